The Kier molecular flexibility index (Phi) is 6.14. The van der Waals surface area contributed by atoms with Gasteiger partial charge < -0.3 is 15.2 Å². The van der Waals surface area contributed by atoms with E-state index >= 15 is 0 Å². The fraction of sp³-hybridized carbons (Fsp3) is 0.467. The van der Waals surface area contributed by atoms with E-state index in [0.29, 0.717) is 12.0 Å². The molecule has 0 aliphatic carbocycles. The summed E-state index contributed by atoms with van der Waals surface area (Å²) >= 11 is 0. The molecule has 116 valence electrons. The second kappa shape index (κ2) is 7.61. The molecule has 0 aliphatic rings. The van der Waals surface area contributed by atoms with Crippen molar-refractivity contribution in [2.24, 2.45) is 5.92 Å². The number of halogens is 1. The van der Waals surface area contributed by atoms with Gasteiger partial charge in [0.15, 0.2) is 11.6 Å². The first kappa shape index (κ1) is 16.9. The van der Waals surface area contributed by atoms with Gasteiger partial charge >= 0.3 is 5.97 Å². The zero-order chi connectivity index (χ0) is 16.0. The SMILES string of the molecule is COc1ccc(CC(=O)NC(CC(C)C)C(=O)O)cc1F. The summed E-state index contributed by atoms with van der Waals surface area (Å²) in [5, 5.41) is 11.5. The standard InChI is InChI=1S/C15H20FNO4/c1-9(2)6-12(15(19)20)17-14(18)8-10-4-5-13(21-3)11(16)7-10/h4-5,7,9,12H,6,8H2,1-3H3,(H,17,18)(H,19,20). The molecule has 0 saturated heterocycles. The van der Waals surface area contributed by atoms with E-state index in [0.717, 1.165) is 0 Å². The molecule has 1 rings (SSSR count). The Morgan fingerprint density at radius 1 is 1.38 bits per heavy atom. The van der Waals surface area contributed by atoms with Crippen molar-refractivity contribution in [3.05, 3.63) is 29.6 Å². The molecule has 1 atom stereocenters. The summed E-state index contributed by atoms with van der Waals surface area (Å²) in [4.78, 5) is 22.9. The van der Waals surface area contributed by atoms with Crippen molar-refractivity contribution in [1.82, 2.24) is 5.32 Å². The van der Waals surface area contributed by atoms with E-state index in [1.807, 2.05) is 13.8 Å². The smallest absolute Gasteiger partial charge is 0.326 e. The number of benzene rings is 1. The molecule has 1 unspecified atom stereocenters. The zero-order valence-electron chi connectivity index (χ0n) is 12.4. The van der Waals surface area contributed by atoms with Gasteiger partial charge in [0.2, 0.25) is 5.91 Å². The van der Waals surface area contributed by atoms with Gasteiger partial charge in [0, 0.05) is 0 Å². The maximum absolute atomic E-state index is 13.5. The lowest BCUT2D eigenvalue weighted by Gasteiger charge is -2.16. The number of rotatable bonds is 7. The van der Waals surface area contributed by atoms with Crippen molar-refractivity contribution in [3.63, 3.8) is 0 Å². The van der Waals surface area contributed by atoms with Crippen molar-refractivity contribution in [2.75, 3.05) is 7.11 Å². The minimum absolute atomic E-state index is 0.0806. The van der Waals surface area contributed by atoms with Crippen LogP contribution in [0.4, 0.5) is 4.39 Å². The van der Waals surface area contributed by atoms with E-state index in [1.165, 1.54) is 19.2 Å². The van der Waals surface area contributed by atoms with Gasteiger partial charge in [-0.1, -0.05) is 19.9 Å². The summed E-state index contributed by atoms with van der Waals surface area (Å²) in [5.74, 6) is -1.84. The number of methoxy groups -OCH3 is 1. The van der Waals surface area contributed by atoms with Crippen molar-refractivity contribution < 1.29 is 23.8 Å². The third kappa shape index (κ3) is 5.41. The number of nitrogens with one attached hydrogen (secondary N) is 1. The van der Waals surface area contributed by atoms with Crippen LogP contribution >= 0.6 is 0 Å². The highest BCUT2D eigenvalue weighted by atomic mass is 19.1. The summed E-state index contributed by atoms with van der Waals surface area (Å²) in [7, 11) is 1.36. The van der Waals surface area contributed by atoms with Gasteiger partial charge in [0.1, 0.15) is 6.04 Å². The largest absolute Gasteiger partial charge is 0.494 e. The Morgan fingerprint density at radius 2 is 2.05 bits per heavy atom. The second-order valence-corrected chi connectivity index (χ2v) is 5.23. The summed E-state index contributed by atoms with van der Waals surface area (Å²) in [6, 6.07) is 3.28. The number of ether oxygens (including phenoxy) is 1. The fourth-order valence-electron chi connectivity index (χ4n) is 1.94. The van der Waals surface area contributed by atoms with Crippen LogP contribution in [0.2, 0.25) is 0 Å². The summed E-state index contributed by atoms with van der Waals surface area (Å²) < 4.78 is 18.3. The highest BCUT2D eigenvalue weighted by Gasteiger charge is 2.21. The molecule has 0 aliphatic heterocycles. The lowest BCUT2D eigenvalue weighted by molar-refractivity contribution is -0.142. The number of carbonyl (C=O) groups excluding carboxylic acids is 1. The number of hydrogen-bond acceptors (Lipinski definition) is 3. The summed E-state index contributed by atoms with van der Waals surface area (Å²) in [5.41, 5.74) is 0.458. The summed E-state index contributed by atoms with van der Waals surface area (Å²) in [6.07, 6.45) is 0.265. The van der Waals surface area contributed by atoms with Gasteiger partial charge in [-0.25, -0.2) is 9.18 Å². The minimum atomic E-state index is -1.07. The second-order valence-electron chi connectivity index (χ2n) is 5.23. The van der Waals surface area contributed by atoms with Gasteiger partial charge in [-0.3, -0.25) is 4.79 Å². The molecule has 2 N–H and O–H groups in total. The van der Waals surface area contributed by atoms with Crippen LogP contribution in [0.1, 0.15) is 25.8 Å². The van der Waals surface area contributed by atoms with E-state index < -0.39 is 23.7 Å². The van der Waals surface area contributed by atoms with Crippen molar-refractivity contribution in [3.8, 4) is 5.75 Å². The van der Waals surface area contributed by atoms with Gasteiger partial charge in [0.25, 0.3) is 0 Å². The highest BCUT2D eigenvalue weighted by molar-refractivity contribution is 5.84. The molecule has 0 heterocycles. The number of amides is 1. The van der Waals surface area contributed by atoms with E-state index in [1.54, 1.807) is 6.07 Å². The van der Waals surface area contributed by atoms with Crippen LogP contribution < -0.4 is 10.1 Å². The Labute approximate surface area is 123 Å². The molecule has 0 spiro atoms. The first-order valence-electron chi connectivity index (χ1n) is 6.68. The molecule has 0 radical (unpaired) electrons. The lowest BCUT2D eigenvalue weighted by Crippen LogP contribution is -2.42. The van der Waals surface area contributed by atoms with E-state index in [-0.39, 0.29) is 18.1 Å². The van der Waals surface area contributed by atoms with Crippen LogP contribution in [0.5, 0.6) is 5.75 Å². The van der Waals surface area contributed by atoms with E-state index in [4.69, 9.17) is 9.84 Å². The predicted molar refractivity (Wildman–Crippen MR) is 75.7 cm³/mol. The molecular formula is C15H20FNO4. The topological polar surface area (TPSA) is 75.6 Å². The molecule has 1 aromatic carbocycles. The van der Waals surface area contributed by atoms with Crippen molar-refractivity contribution in [1.29, 1.82) is 0 Å². The monoisotopic (exact) mass is 297 g/mol. The Hall–Kier alpha value is -2.11. The highest BCUT2D eigenvalue weighted by Crippen LogP contribution is 2.18. The van der Waals surface area contributed by atoms with Crippen LogP contribution in [0.25, 0.3) is 0 Å². The van der Waals surface area contributed by atoms with Gasteiger partial charge in [-0.2, -0.15) is 0 Å². The van der Waals surface area contributed by atoms with Gasteiger partial charge in [-0.05, 0) is 30.0 Å². The van der Waals surface area contributed by atoms with E-state index in [9.17, 15) is 14.0 Å². The van der Waals surface area contributed by atoms with Crippen molar-refractivity contribution >= 4 is 11.9 Å². The molecule has 0 aromatic heterocycles. The number of carboxylic acids is 1. The Morgan fingerprint density at radius 3 is 2.52 bits per heavy atom. The molecule has 0 fully saturated rings. The molecule has 0 bridgehead atoms. The third-order valence-corrected chi connectivity index (χ3v) is 2.92. The fourth-order valence-corrected chi connectivity index (χ4v) is 1.94. The first-order valence-corrected chi connectivity index (χ1v) is 6.68. The molecule has 6 heteroatoms. The molecule has 5 nitrogen and oxygen atoms in total. The maximum atomic E-state index is 13.5. The lowest BCUT2D eigenvalue weighted by atomic mass is 10.0. The molecule has 21 heavy (non-hydrogen) atoms. The van der Waals surface area contributed by atoms with Gasteiger partial charge in [-0.15, -0.1) is 0 Å². The van der Waals surface area contributed by atoms with Crippen LogP contribution in [0.15, 0.2) is 18.2 Å². The molecular weight excluding hydrogens is 277 g/mol. The average Bonchev–Trinajstić information content (AvgIpc) is 2.37. The average molecular weight is 297 g/mol. The summed E-state index contributed by atoms with van der Waals surface area (Å²) in [6.45, 7) is 3.75. The predicted octanol–water partition coefficient (Wildman–Crippen LogP) is 1.99. The first-order chi connectivity index (χ1) is 9.83. The quantitative estimate of drug-likeness (QED) is 0.807. The number of hydrogen-bond donors (Lipinski definition) is 2. The van der Waals surface area contributed by atoms with Gasteiger partial charge in [0.05, 0.1) is 13.5 Å². The minimum Gasteiger partial charge on any atom is -0.494 e. The van der Waals surface area contributed by atoms with Crippen LogP contribution in [-0.2, 0) is 16.0 Å². The number of aliphatic carboxylic acids is 1. The van der Waals surface area contributed by atoms with Crippen molar-refractivity contribution in [2.45, 2.75) is 32.7 Å². The molecule has 0 saturated carbocycles. The van der Waals surface area contributed by atoms with Crippen LogP contribution in [-0.4, -0.2) is 30.1 Å². The normalized spacial score (nSPS) is 12.0. The number of carboxylic acid groups (broad SMARTS) is 1. The zero-order valence-corrected chi connectivity index (χ0v) is 12.4. The molecule has 1 amide bonds. The van der Waals surface area contributed by atoms with E-state index in [2.05, 4.69) is 5.32 Å². The Bertz CT molecular complexity index is 516. The van der Waals surface area contributed by atoms with Crippen LogP contribution in [0, 0.1) is 11.7 Å². The number of carbonyl (C=O) groups is 2. The maximum Gasteiger partial charge on any atom is 0.326 e. The third-order valence-electron chi connectivity index (χ3n) is 2.92. The Balaban J connectivity index is 2.67. The molecule has 1 aromatic rings. The van der Waals surface area contributed by atoms with Crippen LogP contribution in [0.3, 0.4) is 0 Å².